The molecule has 5 nitrogen and oxygen atoms in total. The van der Waals surface area contributed by atoms with E-state index in [4.69, 9.17) is 0 Å². The predicted molar refractivity (Wildman–Crippen MR) is 370 cm³/mol. The van der Waals surface area contributed by atoms with Crippen LogP contribution < -0.4 is 57.3 Å². The number of aryl methyl sites for hydroxylation is 1. The molecule has 0 fully saturated rings. The van der Waals surface area contributed by atoms with Crippen LogP contribution >= 0.6 is 11.8 Å². The molecule has 13 aromatic rings. The maximum Gasteiger partial charge on any atom is 0.252 e. The second-order valence-electron chi connectivity index (χ2n) is 23.9. The lowest BCUT2D eigenvalue weighted by atomic mass is 9.31. The molecule has 17 rings (SSSR count). The van der Waals surface area contributed by atoms with Gasteiger partial charge in [0.1, 0.15) is 69.3 Å². The van der Waals surface area contributed by atoms with E-state index in [1.54, 1.807) is 121 Å². The lowest BCUT2D eigenvalue weighted by Crippen LogP contribution is -2.65. The highest BCUT2D eigenvalue weighted by Crippen LogP contribution is 2.55. The number of nitrogens with zero attached hydrogens (tertiary/aromatic N) is 5. The van der Waals surface area contributed by atoms with E-state index in [9.17, 15) is 0 Å². The summed E-state index contributed by atoms with van der Waals surface area (Å²) in [5.41, 5.74) is 6.08. The molecule has 0 saturated carbocycles. The summed E-state index contributed by atoms with van der Waals surface area (Å²) in [7, 11) is 0. The molecule has 4 aliphatic rings. The Labute approximate surface area is 551 Å². The minimum atomic E-state index is -0.969. The van der Waals surface area contributed by atoms with E-state index in [0.29, 0.717) is 82.9 Å². The van der Waals surface area contributed by atoms with Crippen molar-refractivity contribution in [3.8, 4) is 11.1 Å². The van der Waals surface area contributed by atoms with Crippen LogP contribution in [0.2, 0.25) is 0 Å². The van der Waals surface area contributed by atoms with Crippen molar-refractivity contribution in [1.29, 1.82) is 0 Å². The van der Waals surface area contributed by atoms with Gasteiger partial charge < -0.3 is 24.5 Å². The van der Waals surface area contributed by atoms with Crippen molar-refractivity contribution in [2.75, 3.05) is 24.5 Å². The van der Waals surface area contributed by atoms with Crippen molar-refractivity contribution >= 4 is 143 Å². The molecule has 4 aliphatic heterocycles. The molecule has 96 heavy (non-hydrogen) atoms. The van der Waals surface area contributed by atoms with Crippen molar-refractivity contribution in [2.45, 2.75) is 16.7 Å². The molecule has 0 spiro atoms. The lowest BCUT2D eigenvalue weighted by molar-refractivity contribution is 0.584. The van der Waals surface area contributed by atoms with Gasteiger partial charge in [-0.3, -0.25) is 0 Å². The fourth-order valence-corrected chi connectivity index (χ4v) is 15.9. The number of hydrogen-bond acceptors (Lipinski definition) is 6. The zero-order valence-electron chi connectivity index (χ0n) is 50.5. The van der Waals surface area contributed by atoms with Crippen molar-refractivity contribution in [3.63, 3.8) is 0 Å². The number of fused-ring (bicyclic) bond motifs is 8. The van der Waals surface area contributed by atoms with Crippen LogP contribution in [0.3, 0.4) is 0 Å². The Morgan fingerprint density at radius 1 is 0.312 bits per heavy atom. The minimum absolute atomic E-state index is 0.0651. The number of anilines is 15. The molecule has 4 heterocycles. The smallest absolute Gasteiger partial charge is 0.252 e. The highest BCUT2D eigenvalue weighted by atomic mass is 32.2. The zero-order chi connectivity index (χ0) is 65.4. The van der Waals surface area contributed by atoms with Gasteiger partial charge >= 0.3 is 0 Å². The predicted octanol–water partition coefficient (Wildman–Crippen LogP) is 18.7. The Hall–Kier alpha value is -11.3. The highest BCUT2D eigenvalue weighted by molar-refractivity contribution is 8.00. The van der Waals surface area contributed by atoms with E-state index in [2.05, 4.69) is 0 Å². The molecule has 0 atom stereocenters. The van der Waals surface area contributed by atoms with E-state index in [0.717, 1.165) is 65.9 Å². The van der Waals surface area contributed by atoms with Crippen molar-refractivity contribution < 1.29 is 39.5 Å². The van der Waals surface area contributed by atoms with Crippen LogP contribution in [0.1, 0.15) is 5.56 Å². The van der Waals surface area contributed by atoms with Gasteiger partial charge in [0, 0.05) is 60.9 Å². The number of rotatable bonds is 10. The van der Waals surface area contributed by atoms with Gasteiger partial charge in [0.25, 0.3) is 6.71 Å². The monoisotopic (exact) mass is 1290 g/mol. The van der Waals surface area contributed by atoms with Crippen molar-refractivity contribution in [3.05, 3.63) is 319 Å². The van der Waals surface area contributed by atoms with E-state index in [-0.39, 0.29) is 33.3 Å². The Morgan fingerprint density at radius 3 is 1.22 bits per heavy atom. The number of benzene rings is 13. The van der Waals surface area contributed by atoms with Crippen LogP contribution in [-0.2, 0) is 0 Å². The molecule has 0 radical (unpaired) electrons. The van der Waals surface area contributed by atoms with Gasteiger partial charge in [0.05, 0.1) is 17.1 Å². The third-order valence-electron chi connectivity index (χ3n) is 18.6. The minimum Gasteiger partial charge on any atom is -0.307 e. The normalized spacial score (nSPS) is 13.0. The molecule has 13 aromatic carbocycles. The molecule has 462 valence electrons. The molecular formula is C79H46B2F9N5S. The van der Waals surface area contributed by atoms with Gasteiger partial charge in [-0.05, 0) is 155 Å². The molecule has 0 bridgehead atoms. The molecule has 0 amide bonds. The average Bonchev–Trinajstić information content (AvgIpc) is 0.690. The first kappa shape index (κ1) is 58.5. The third kappa shape index (κ3) is 8.93. The van der Waals surface area contributed by atoms with Gasteiger partial charge in [-0.25, -0.2) is 39.5 Å². The molecule has 0 aromatic heterocycles. The van der Waals surface area contributed by atoms with Gasteiger partial charge in [-0.15, -0.1) is 0 Å². The highest BCUT2D eigenvalue weighted by Gasteiger charge is 2.51. The van der Waals surface area contributed by atoms with Crippen LogP contribution in [0.15, 0.2) is 271 Å². The Bertz CT molecular complexity index is 5300. The first-order valence-electron chi connectivity index (χ1n) is 30.9. The summed E-state index contributed by atoms with van der Waals surface area (Å²) in [6.07, 6.45) is 0. The van der Waals surface area contributed by atoms with Crippen LogP contribution in [0.5, 0.6) is 0 Å². The van der Waals surface area contributed by atoms with E-state index >= 15 is 39.5 Å². The molecule has 0 N–H and O–H groups in total. The van der Waals surface area contributed by atoms with Gasteiger partial charge in [-0.2, -0.15) is 0 Å². The van der Waals surface area contributed by atoms with E-state index in [1.165, 1.54) is 43.9 Å². The summed E-state index contributed by atoms with van der Waals surface area (Å²) >= 11 is 1.05. The first-order chi connectivity index (χ1) is 46.8. The standard InChI is InChI=1S/C79H46B2F9N5S/c1-45-20-15-27-51(46-21-5-2-6-22-46)73(45)95-67-41-49(91(47-23-7-3-8-24-47)75-56(82)30-16-31-57(75)83)40-66-70(67)80(52-28-11-13-38-64(52)93(66)77-60(86)34-18-35-61(77)87)54-44-55-79(72(90)74(54)95)96-69-43-50(92(48-25-9-4-10-26-48)76-58(84)32-17-33-59(76)85)42-68-71(69)81(55)53-29-12-14-39-65(53)94(68)78-62(88)36-19-37-63(78)89/h2-44H,1H3. The fourth-order valence-electron chi connectivity index (χ4n) is 14.7. The van der Waals surface area contributed by atoms with Gasteiger partial charge in [0.2, 0.25) is 6.71 Å². The van der Waals surface area contributed by atoms with E-state index in [1.807, 2.05) is 78.6 Å². The topological polar surface area (TPSA) is 16.2 Å². The summed E-state index contributed by atoms with van der Waals surface area (Å²) in [6.45, 7) is 0.0177. The summed E-state index contributed by atoms with van der Waals surface area (Å²) in [6, 6.07) is 69.5. The third-order valence-corrected chi connectivity index (χ3v) is 19.7. The average molecular weight is 1290 g/mol. The Morgan fingerprint density at radius 2 is 0.719 bits per heavy atom. The maximum absolute atomic E-state index is 20.6. The Kier molecular flexibility index (Phi) is 13.9. The summed E-state index contributed by atoms with van der Waals surface area (Å²) in [5.74, 6) is -8.00. The van der Waals surface area contributed by atoms with Crippen molar-refractivity contribution in [2.24, 2.45) is 0 Å². The van der Waals surface area contributed by atoms with Crippen molar-refractivity contribution in [1.82, 2.24) is 0 Å². The van der Waals surface area contributed by atoms with E-state index < -0.39 is 88.5 Å². The molecule has 17 heteroatoms. The largest absolute Gasteiger partial charge is 0.307 e. The molecule has 0 saturated heterocycles. The summed E-state index contributed by atoms with van der Waals surface area (Å²) < 4.78 is 156. The molecule has 0 unspecified atom stereocenters. The summed E-state index contributed by atoms with van der Waals surface area (Å²) in [4.78, 5) is 8.11. The quantitative estimate of drug-likeness (QED) is 0.0995. The van der Waals surface area contributed by atoms with Crippen LogP contribution in [0.25, 0.3) is 11.1 Å². The molecular weight excluding hydrogens is 1240 g/mol. The van der Waals surface area contributed by atoms with Gasteiger partial charge in [-0.1, -0.05) is 169 Å². The van der Waals surface area contributed by atoms with Crippen LogP contribution in [0, 0.1) is 59.3 Å². The van der Waals surface area contributed by atoms with Gasteiger partial charge in [0.15, 0.2) is 5.82 Å². The number of halogens is 9. The SMILES string of the molecule is Cc1cccc(-c2ccccc2)c1N1c2cc(N(c3ccccc3)c3c(F)cccc3F)cc3c2B(c2ccccc2N3c2c(F)cccc2F)c2cc3c(c(F)c21)Sc1cc(N(c2ccccc2)c2c(F)cccc2F)cc2c1B3c1ccccc1N2c1c(F)cccc1F. The summed E-state index contributed by atoms with van der Waals surface area (Å²) in [5, 5.41) is 0. The second kappa shape index (κ2) is 22.7. The molecule has 0 aliphatic carbocycles. The number of para-hydroxylation sites is 9. The van der Waals surface area contributed by atoms with Crippen LogP contribution in [-0.4, -0.2) is 13.4 Å². The van der Waals surface area contributed by atoms with Crippen LogP contribution in [0.4, 0.5) is 125 Å². The zero-order valence-corrected chi connectivity index (χ0v) is 51.3. The number of hydrogen-bond donors (Lipinski definition) is 0. The fraction of sp³-hybridized carbons (Fsp3) is 0.0127. The lowest BCUT2D eigenvalue weighted by Gasteiger charge is -2.46. The Balaban J connectivity index is 1.02. The maximum atomic E-state index is 20.6. The first-order valence-corrected chi connectivity index (χ1v) is 31.8. The second-order valence-corrected chi connectivity index (χ2v) is 24.9.